The quantitative estimate of drug-likeness (QED) is 0.589. The molecule has 4 rings (SSSR count). The van der Waals surface area contributed by atoms with E-state index in [-0.39, 0.29) is 36.4 Å². The second kappa shape index (κ2) is 7.97. The summed E-state index contributed by atoms with van der Waals surface area (Å²) >= 11 is 1.52. The highest BCUT2D eigenvalue weighted by Gasteiger charge is 2.31. The van der Waals surface area contributed by atoms with E-state index in [9.17, 15) is 18.8 Å². The van der Waals surface area contributed by atoms with E-state index >= 15 is 0 Å². The summed E-state index contributed by atoms with van der Waals surface area (Å²) in [5.41, 5.74) is 1.29. The van der Waals surface area contributed by atoms with Gasteiger partial charge in [-0.05, 0) is 53.9 Å². The molecule has 2 heterocycles. The fraction of sp³-hybridized carbons (Fsp3) is 0.136. The van der Waals surface area contributed by atoms with Crippen LogP contribution in [0.2, 0.25) is 0 Å². The van der Waals surface area contributed by atoms with Crippen LogP contribution < -0.4 is 9.80 Å². The van der Waals surface area contributed by atoms with Gasteiger partial charge in [-0.25, -0.2) is 4.39 Å². The summed E-state index contributed by atoms with van der Waals surface area (Å²) < 4.78 is 13.4. The first-order valence-corrected chi connectivity index (χ1v) is 9.96. The van der Waals surface area contributed by atoms with E-state index < -0.39 is 0 Å². The highest BCUT2D eigenvalue weighted by Crippen LogP contribution is 2.26. The minimum Gasteiger partial charge on any atom is -0.303 e. The monoisotopic (exact) mass is 408 g/mol. The van der Waals surface area contributed by atoms with Crippen molar-refractivity contribution >= 4 is 40.4 Å². The van der Waals surface area contributed by atoms with Crippen LogP contribution in [0.15, 0.2) is 66.0 Å². The molecule has 0 saturated carbocycles. The van der Waals surface area contributed by atoms with E-state index in [0.717, 1.165) is 9.78 Å². The Kier molecular flexibility index (Phi) is 5.22. The molecule has 146 valence electrons. The molecule has 29 heavy (non-hydrogen) atoms. The van der Waals surface area contributed by atoms with E-state index in [2.05, 4.69) is 0 Å². The van der Waals surface area contributed by atoms with Gasteiger partial charge in [0.2, 0.25) is 11.8 Å². The van der Waals surface area contributed by atoms with Gasteiger partial charge in [-0.15, -0.1) is 11.3 Å². The molecule has 1 aliphatic rings. The molecule has 3 aromatic rings. The van der Waals surface area contributed by atoms with Gasteiger partial charge < -0.3 is 4.90 Å². The Hall–Kier alpha value is -3.32. The predicted octanol–water partition coefficient (Wildman–Crippen LogP) is 4.39. The Morgan fingerprint density at radius 2 is 1.72 bits per heavy atom. The van der Waals surface area contributed by atoms with E-state index in [1.54, 1.807) is 41.3 Å². The molecule has 0 radical (unpaired) electrons. The third-order valence-corrected chi connectivity index (χ3v) is 5.54. The van der Waals surface area contributed by atoms with Crippen LogP contribution in [0.5, 0.6) is 0 Å². The maximum Gasteiger partial charge on any atom is 0.258 e. The van der Waals surface area contributed by atoms with Crippen molar-refractivity contribution in [3.63, 3.8) is 0 Å². The van der Waals surface area contributed by atoms with Crippen molar-refractivity contribution < 1.29 is 18.8 Å². The SMILES string of the molecule is O=C(c1cccc(N2C(=O)CCC2=O)c1)N(Cc1cccs1)c1ccc(F)cc1. The predicted molar refractivity (Wildman–Crippen MR) is 109 cm³/mol. The fourth-order valence-corrected chi connectivity index (χ4v) is 3.95. The highest BCUT2D eigenvalue weighted by molar-refractivity contribution is 7.09. The van der Waals surface area contributed by atoms with Crippen molar-refractivity contribution in [3.05, 3.63) is 82.3 Å². The largest absolute Gasteiger partial charge is 0.303 e. The Morgan fingerprint density at radius 1 is 1.00 bits per heavy atom. The fourth-order valence-electron chi connectivity index (χ4n) is 3.26. The van der Waals surface area contributed by atoms with Crippen molar-refractivity contribution in [3.8, 4) is 0 Å². The third-order valence-electron chi connectivity index (χ3n) is 4.68. The van der Waals surface area contributed by atoms with Gasteiger partial charge >= 0.3 is 0 Å². The molecule has 1 aliphatic heterocycles. The number of carbonyl (C=O) groups excluding carboxylic acids is 3. The van der Waals surface area contributed by atoms with Crippen molar-refractivity contribution in [2.75, 3.05) is 9.80 Å². The van der Waals surface area contributed by atoms with Gasteiger partial charge in [0.1, 0.15) is 5.82 Å². The number of benzene rings is 2. The smallest absolute Gasteiger partial charge is 0.258 e. The molecule has 7 heteroatoms. The molecule has 2 aromatic carbocycles. The van der Waals surface area contributed by atoms with Crippen LogP contribution in [-0.4, -0.2) is 17.7 Å². The molecule has 0 N–H and O–H groups in total. The Labute approximate surface area is 171 Å². The van der Waals surface area contributed by atoms with Crippen LogP contribution >= 0.6 is 11.3 Å². The van der Waals surface area contributed by atoms with Crippen LogP contribution in [0.1, 0.15) is 28.1 Å². The first-order chi connectivity index (χ1) is 14.0. The lowest BCUT2D eigenvalue weighted by atomic mass is 10.1. The number of hydrogen-bond acceptors (Lipinski definition) is 4. The standard InChI is InChI=1S/C22H17FN2O3S/c23-16-6-8-17(9-7-16)24(14-19-5-2-12-29-19)22(28)15-3-1-4-18(13-15)25-20(26)10-11-21(25)27/h1-9,12-13H,10-11,14H2. The Balaban J connectivity index is 1.68. The topological polar surface area (TPSA) is 57.7 Å². The molecule has 0 spiro atoms. The molecule has 5 nitrogen and oxygen atoms in total. The molecule has 1 aromatic heterocycles. The van der Waals surface area contributed by atoms with Crippen LogP contribution in [0.3, 0.4) is 0 Å². The lowest BCUT2D eigenvalue weighted by molar-refractivity contribution is -0.121. The summed E-state index contributed by atoms with van der Waals surface area (Å²) in [6, 6.07) is 16.0. The van der Waals surface area contributed by atoms with Gasteiger partial charge in [0.25, 0.3) is 5.91 Å². The first-order valence-electron chi connectivity index (χ1n) is 9.08. The number of halogens is 1. The van der Waals surface area contributed by atoms with Crippen molar-refractivity contribution in [2.45, 2.75) is 19.4 Å². The van der Waals surface area contributed by atoms with E-state index in [0.29, 0.717) is 23.5 Å². The zero-order valence-corrected chi connectivity index (χ0v) is 16.2. The Bertz CT molecular complexity index is 1050. The van der Waals surface area contributed by atoms with E-state index in [4.69, 9.17) is 0 Å². The Morgan fingerprint density at radius 3 is 2.38 bits per heavy atom. The van der Waals surface area contributed by atoms with Crippen LogP contribution in [0, 0.1) is 5.82 Å². The number of anilines is 2. The highest BCUT2D eigenvalue weighted by atomic mass is 32.1. The van der Waals surface area contributed by atoms with Gasteiger partial charge in [-0.1, -0.05) is 12.1 Å². The second-order valence-corrected chi connectivity index (χ2v) is 7.65. The van der Waals surface area contributed by atoms with Gasteiger partial charge in [0.15, 0.2) is 0 Å². The zero-order valence-electron chi connectivity index (χ0n) is 15.4. The minimum absolute atomic E-state index is 0.178. The molecule has 3 amide bonds. The third kappa shape index (κ3) is 3.95. The molecular formula is C22H17FN2O3S. The number of imide groups is 1. The molecule has 1 saturated heterocycles. The normalized spacial score (nSPS) is 13.8. The minimum atomic E-state index is -0.384. The number of carbonyl (C=O) groups is 3. The van der Waals surface area contributed by atoms with Gasteiger partial charge in [-0.2, -0.15) is 0 Å². The number of amides is 3. The van der Waals surface area contributed by atoms with Gasteiger partial charge in [0, 0.05) is 29.0 Å². The summed E-state index contributed by atoms with van der Waals surface area (Å²) in [4.78, 5) is 41.1. The number of nitrogens with zero attached hydrogens (tertiary/aromatic N) is 2. The van der Waals surface area contributed by atoms with E-state index in [1.807, 2.05) is 17.5 Å². The van der Waals surface area contributed by atoms with Crippen molar-refractivity contribution in [2.24, 2.45) is 0 Å². The summed E-state index contributed by atoms with van der Waals surface area (Å²) in [7, 11) is 0. The number of hydrogen-bond donors (Lipinski definition) is 0. The molecular weight excluding hydrogens is 391 g/mol. The van der Waals surface area contributed by atoms with Gasteiger partial charge in [-0.3, -0.25) is 19.3 Å². The summed E-state index contributed by atoms with van der Waals surface area (Å²) in [5.74, 6) is -1.22. The summed E-state index contributed by atoms with van der Waals surface area (Å²) in [6.45, 7) is 0.327. The molecule has 0 unspecified atom stereocenters. The molecule has 0 atom stereocenters. The average Bonchev–Trinajstić information content (AvgIpc) is 3.36. The molecule has 1 fully saturated rings. The number of thiophene rings is 1. The second-order valence-electron chi connectivity index (χ2n) is 6.62. The molecule has 0 aliphatic carbocycles. The maximum absolute atomic E-state index is 13.4. The summed E-state index contributed by atoms with van der Waals surface area (Å²) in [6.07, 6.45) is 0.355. The maximum atomic E-state index is 13.4. The lowest BCUT2D eigenvalue weighted by Crippen LogP contribution is -2.31. The van der Waals surface area contributed by atoms with Crippen molar-refractivity contribution in [1.29, 1.82) is 0 Å². The molecule has 0 bridgehead atoms. The van der Waals surface area contributed by atoms with E-state index in [1.165, 1.54) is 23.5 Å². The summed E-state index contributed by atoms with van der Waals surface area (Å²) in [5, 5.41) is 1.92. The van der Waals surface area contributed by atoms with Crippen LogP contribution in [-0.2, 0) is 16.1 Å². The van der Waals surface area contributed by atoms with Crippen LogP contribution in [0.4, 0.5) is 15.8 Å². The van der Waals surface area contributed by atoms with Crippen LogP contribution in [0.25, 0.3) is 0 Å². The zero-order chi connectivity index (χ0) is 20.4. The van der Waals surface area contributed by atoms with Gasteiger partial charge in [0.05, 0.1) is 12.2 Å². The van der Waals surface area contributed by atoms with Crippen molar-refractivity contribution in [1.82, 2.24) is 0 Å². The first kappa shape index (κ1) is 19.0. The lowest BCUT2D eigenvalue weighted by Gasteiger charge is -2.23. The average molecular weight is 408 g/mol. The number of rotatable bonds is 5.